The van der Waals surface area contributed by atoms with Crippen LogP contribution in [0.15, 0.2) is 58.1 Å². The van der Waals surface area contributed by atoms with Crippen LogP contribution >= 0.6 is 0 Å². The number of benzene rings is 2. The van der Waals surface area contributed by atoms with E-state index in [0.29, 0.717) is 6.42 Å². The van der Waals surface area contributed by atoms with E-state index < -0.39 is 17.0 Å². The molecule has 0 saturated carbocycles. The minimum atomic E-state index is -0.481. The molecule has 168 valence electrons. The highest BCUT2D eigenvalue weighted by atomic mass is 16.3. The number of H-pyrrole nitrogens is 1. The van der Waals surface area contributed by atoms with Crippen molar-refractivity contribution in [2.75, 3.05) is 17.7 Å². The molecule has 0 radical (unpaired) electrons. The third-order valence-corrected chi connectivity index (χ3v) is 5.18. The van der Waals surface area contributed by atoms with Crippen molar-refractivity contribution in [1.29, 1.82) is 0 Å². The van der Waals surface area contributed by atoms with Gasteiger partial charge in [-0.25, -0.2) is 4.68 Å². The summed E-state index contributed by atoms with van der Waals surface area (Å²) in [5, 5.41) is 21.7. The molecule has 0 aliphatic carbocycles. The summed E-state index contributed by atoms with van der Waals surface area (Å²) in [6.07, 6.45) is 0.664. The maximum Gasteiger partial charge on any atom is 0.291 e. The van der Waals surface area contributed by atoms with Crippen molar-refractivity contribution in [2.24, 2.45) is 0 Å². The SMILES string of the molecule is CC[C@@H](Nc1c(Nc2cccc(C(=O)NC)c2O)c(=O)n(CC)[nH]c1=O)c1ccccc1. The lowest BCUT2D eigenvalue weighted by Crippen LogP contribution is -2.33. The van der Waals surface area contributed by atoms with Gasteiger partial charge in [-0.1, -0.05) is 43.3 Å². The molecule has 3 rings (SSSR count). The molecule has 32 heavy (non-hydrogen) atoms. The molecule has 0 spiro atoms. The Labute approximate surface area is 185 Å². The Morgan fingerprint density at radius 1 is 1.06 bits per heavy atom. The second kappa shape index (κ2) is 9.86. The quantitative estimate of drug-likeness (QED) is 0.345. The van der Waals surface area contributed by atoms with E-state index in [1.54, 1.807) is 13.0 Å². The Morgan fingerprint density at radius 2 is 1.78 bits per heavy atom. The van der Waals surface area contributed by atoms with E-state index in [1.165, 1.54) is 23.9 Å². The van der Waals surface area contributed by atoms with Crippen molar-refractivity contribution in [3.63, 3.8) is 0 Å². The minimum Gasteiger partial charge on any atom is -0.505 e. The number of nitrogens with zero attached hydrogens (tertiary/aromatic N) is 1. The summed E-state index contributed by atoms with van der Waals surface area (Å²) in [7, 11) is 1.45. The Kier molecular flexibility index (Phi) is 6.99. The van der Waals surface area contributed by atoms with Crippen LogP contribution in [0.5, 0.6) is 5.75 Å². The van der Waals surface area contributed by atoms with Crippen molar-refractivity contribution < 1.29 is 9.90 Å². The highest BCUT2D eigenvalue weighted by Crippen LogP contribution is 2.32. The van der Waals surface area contributed by atoms with Crippen LogP contribution < -0.4 is 27.1 Å². The molecule has 1 amide bonds. The van der Waals surface area contributed by atoms with E-state index in [2.05, 4.69) is 21.0 Å². The fourth-order valence-corrected chi connectivity index (χ4v) is 3.44. The maximum absolute atomic E-state index is 13.1. The highest BCUT2D eigenvalue weighted by Gasteiger charge is 2.21. The summed E-state index contributed by atoms with van der Waals surface area (Å²) in [5.41, 5.74) is 0.224. The van der Waals surface area contributed by atoms with Crippen LogP contribution in [0.3, 0.4) is 0 Å². The first kappa shape index (κ1) is 22.7. The van der Waals surface area contributed by atoms with Gasteiger partial charge in [0.15, 0.2) is 5.75 Å². The number of hydrogen-bond donors (Lipinski definition) is 5. The molecular weight excluding hydrogens is 410 g/mol. The number of amides is 1. The summed E-state index contributed by atoms with van der Waals surface area (Å²) in [4.78, 5) is 38.0. The van der Waals surface area contributed by atoms with Gasteiger partial charge in [-0.15, -0.1) is 0 Å². The maximum atomic E-state index is 13.1. The first-order valence-corrected chi connectivity index (χ1v) is 10.4. The summed E-state index contributed by atoms with van der Waals surface area (Å²) >= 11 is 0. The Morgan fingerprint density at radius 3 is 2.41 bits per heavy atom. The summed E-state index contributed by atoms with van der Waals surface area (Å²) in [6.45, 7) is 3.96. The lowest BCUT2D eigenvalue weighted by molar-refractivity contribution is 0.0960. The Hall–Kier alpha value is -4.01. The molecule has 9 nitrogen and oxygen atoms in total. The molecule has 0 aliphatic heterocycles. The molecule has 0 unspecified atom stereocenters. The zero-order valence-electron chi connectivity index (χ0n) is 18.2. The second-order valence-corrected chi connectivity index (χ2v) is 7.16. The predicted molar refractivity (Wildman–Crippen MR) is 125 cm³/mol. The number of aryl methyl sites for hydroxylation is 1. The number of nitrogens with one attached hydrogen (secondary N) is 4. The van der Waals surface area contributed by atoms with Crippen molar-refractivity contribution in [2.45, 2.75) is 32.9 Å². The van der Waals surface area contributed by atoms with Gasteiger partial charge < -0.3 is 21.1 Å². The van der Waals surface area contributed by atoms with E-state index in [4.69, 9.17) is 0 Å². The molecule has 9 heteroatoms. The van der Waals surface area contributed by atoms with E-state index in [9.17, 15) is 19.5 Å². The average molecular weight is 438 g/mol. The average Bonchev–Trinajstić information content (AvgIpc) is 2.82. The van der Waals surface area contributed by atoms with Crippen molar-refractivity contribution in [3.8, 4) is 5.75 Å². The number of para-hydroxylation sites is 1. The fourth-order valence-electron chi connectivity index (χ4n) is 3.44. The number of aromatic nitrogens is 2. The largest absolute Gasteiger partial charge is 0.505 e. The van der Waals surface area contributed by atoms with Gasteiger partial charge in [0, 0.05) is 13.6 Å². The molecule has 0 saturated heterocycles. The van der Waals surface area contributed by atoms with Crippen LogP contribution in [-0.2, 0) is 6.54 Å². The number of hydrogen-bond acceptors (Lipinski definition) is 6. The van der Waals surface area contributed by atoms with Crippen LogP contribution in [0.25, 0.3) is 0 Å². The van der Waals surface area contributed by atoms with Crippen LogP contribution in [0, 0.1) is 0 Å². The monoisotopic (exact) mass is 437 g/mol. The minimum absolute atomic E-state index is 0.0191. The normalized spacial score (nSPS) is 11.6. The molecule has 0 aliphatic rings. The van der Waals surface area contributed by atoms with Gasteiger partial charge in [0.25, 0.3) is 17.0 Å². The van der Waals surface area contributed by atoms with Crippen LogP contribution in [0.2, 0.25) is 0 Å². The molecule has 1 aromatic heterocycles. The first-order chi connectivity index (χ1) is 15.4. The predicted octanol–water partition coefficient (Wildman–Crippen LogP) is 2.93. The van der Waals surface area contributed by atoms with E-state index >= 15 is 0 Å². The fraction of sp³-hybridized carbons (Fsp3) is 0.261. The molecule has 3 aromatic rings. The lowest BCUT2D eigenvalue weighted by Gasteiger charge is -2.21. The number of carbonyl (C=O) groups is 1. The molecule has 0 fully saturated rings. The smallest absolute Gasteiger partial charge is 0.291 e. The lowest BCUT2D eigenvalue weighted by atomic mass is 10.0. The first-order valence-electron chi connectivity index (χ1n) is 10.4. The van der Waals surface area contributed by atoms with Gasteiger partial charge in [0.05, 0.1) is 17.3 Å². The van der Waals surface area contributed by atoms with Gasteiger partial charge in [-0.05, 0) is 31.0 Å². The zero-order chi connectivity index (χ0) is 23.3. The summed E-state index contributed by atoms with van der Waals surface area (Å²) in [6, 6.07) is 13.9. The number of rotatable bonds is 8. The van der Waals surface area contributed by atoms with E-state index in [1.807, 2.05) is 37.3 Å². The van der Waals surface area contributed by atoms with Crippen molar-refractivity contribution >= 4 is 23.0 Å². The molecular formula is C23H27N5O4. The van der Waals surface area contributed by atoms with Gasteiger partial charge in [0.1, 0.15) is 11.4 Å². The van der Waals surface area contributed by atoms with Crippen molar-refractivity contribution in [3.05, 3.63) is 80.4 Å². The standard InChI is InChI=1S/C23H27N5O4/c1-4-16(14-10-7-6-8-11-14)25-18-19(23(32)28(5-2)27-22(18)31)26-17-13-9-12-15(20(17)29)21(30)24-3/h6-13,16,25-26,29H,4-5H2,1-3H3,(H,24,30)(H,27,31)/t16-/m1/s1. The van der Waals surface area contributed by atoms with Gasteiger partial charge in [0.2, 0.25) is 0 Å². The number of carbonyl (C=O) groups excluding carboxylic acids is 1. The number of aromatic hydroxyl groups is 1. The molecule has 1 atom stereocenters. The molecule has 5 N–H and O–H groups in total. The molecule has 0 bridgehead atoms. The number of phenols is 1. The number of anilines is 3. The topological polar surface area (TPSA) is 128 Å². The van der Waals surface area contributed by atoms with E-state index in [-0.39, 0.29) is 41.0 Å². The number of phenolic OH excluding ortho intramolecular Hbond substituents is 1. The zero-order valence-corrected chi connectivity index (χ0v) is 18.2. The van der Waals surface area contributed by atoms with Gasteiger partial charge in [-0.2, -0.15) is 0 Å². The Bertz CT molecular complexity index is 1220. The van der Waals surface area contributed by atoms with Crippen LogP contribution in [0.4, 0.5) is 17.1 Å². The molecule has 2 aromatic carbocycles. The molecule has 1 heterocycles. The van der Waals surface area contributed by atoms with Gasteiger partial charge in [-0.3, -0.25) is 19.5 Å². The third-order valence-electron chi connectivity index (χ3n) is 5.18. The van der Waals surface area contributed by atoms with E-state index in [0.717, 1.165) is 5.56 Å². The van der Waals surface area contributed by atoms with Gasteiger partial charge >= 0.3 is 0 Å². The second-order valence-electron chi connectivity index (χ2n) is 7.16. The van der Waals surface area contributed by atoms with Crippen molar-refractivity contribution in [1.82, 2.24) is 15.1 Å². The summed E-state index contributed by atoms with van der Waals surface area (Å²) in [5.74, 6) is -0.799. The third kappa shape index (κ3) is 4.51. The highest BCUT2D eigenvalue weighted by molar-refractivity contribution is 5.99. The van der Waals surface area contributed by atoms with Crippen LogP contribution in [-0.4, -0.2) is 27.8 Å². The van der Waals surface area contributed by atoms with Crippen LogP contribution in [0.1, 0.15) is 42.2 Å². The number of aromatic amines is 1. The Balaban J connectivity index is 2.11. The summed E-state index contributed by atoms with van der Waals surface area (Å²) < 4.78 is 1.18.